The van der Waals surface area contributed by atoms with Gasteiger partial charge in [0.05, 0.1) is 22.5 Å². The molecule has 4 nitrogen and oxygen atoms in total. The number of hydrogen-bond donors (Lipinski definition) is 2. The van der Waals surface area contributed by atoms with Crippen molar-refractivity contribution in [2.24, 2.45) is 0 Å². The van der Waals surface area contributed by atoms with Crippen molar-refractivity contribution in [2.75, 3.05) is 10.6 Å². The van der Waals surface area contributed by atoms with E-state index in [4.69, 9.17) is 0 Å². The molecule has 0 saturated carbocycles. The van der Waals surface area contributed by atoms with Crippen LogP contribution in [0.2, 0.25) is 0 Å². The zero-order chi connectivity index (χ0) is 22.2. The number of fused-ring (bicyclic) bond motifs is 2. The number of benzene rings is 4. The summed E-state index contributed by atoms with van der Waals surface area (Å²) < 4.78 is 1.12. The minimum absolute atomic E-state index is 0.145. The van der Waals surface area contributed by atoms with Crippen LogP contribution in [0.1, 0.15) is 37.4 Å². The van der Waals surface area contributed by atoms with Crippen molar-refractivity contribution in [1.82, 2.24) is 0 Å². The predicted molar refractivity (Wildman–Crippen MR) is 137 cm³/mol. The first kappa shape index (κ1) is 20.5. The number of nitrogens with one attached hydrogen (secondary N) is 2. The maximum absolute atomic E-state index is 13.8. The number of hydrogen-bond acceptors (Lipinski definition) is 4. The third-order valence-electron chi connectivity index (χ3n) is 5.53. The first-order valence-corrected chi connectivity index (χ1v) is 11.3. The van der Waals surface area contributed by atoms with Crippen LogP contribution in [0, 0.1) is 10.5 Å². The van der Waals surface area contributed by atoms with Gasteiger partial charge >= 0.3 is 0 Å². The van der Waals surface area contributed by atoms with E-state index in [-0.39, 0.29) is 11.6 Å². The number of carbonyl (C=O) groups excluding carboxylic acids is 2. The third-order valence-corrected chi connectivity index (χ3v) is 6.25. The molecule has 0 fully saturated rings. The van der Waals surface area contributed by atoms with Crippen molar-refractivity contribution in [2.45, 2.75) is 6.92 Å². The van der Waals surface area contributed by atoms with Crippen LogP contribution in [0.4, 0.5) is 22.7 Å². The molecule has 0 unspecified atom stereocenters. The van der Waals surface area contributed by atoms with Crippen molar-refractivity contribution >= 4 is 56.9 Å². The Bertz CT molecular complexity index is 1260. The van der Waals surface area contributed by atoms with E-state index in [0.717, 1.165) is 20.5 Å². The molecule has 0 spiro atoms. The topological polar surface area (TPSA) is 58.2 Å². The zero-order valence-electron chi connectivity index (χ0n) is 17.3. The van der Waals surface area contributed by atoms with Crippen LogP contribution in [-0.2, 0) is 0 Å². The lowest BCUT2D eigenvalue weighted by molar-refractivity contribution is 0.0980. The molecule has 0 aliphatic heterocycles. The SMILES string of the molecule is Cc1ccc(Nc2cccc3c2C(=O)c2c(Nc4ccc(I)cc4)cccc2C3=O)cc1. The highest BCUT2D eigenvalue weighted by Crippen LogP contribution is 2.37. The molecule has 0 bridgehead atoms. The van der Waals surface area contributed by atoms with Crippen LogP contribution < -0.4 is 10.6 Å². The maximum Gasteiger partial charge on any atom is 0.198 e. The fourth-order valence-electron chi connectivity index (χ4n) is 3.93. The average molecular weight is 530 g/mol. The highest BCUT2D eigenvalue weighted by Gasteiger charge is 2.33. The fourth-order valence-corrected chi connectivity index (χ4v) is 4.29. The second-order valence-corrected chi connectivity index (χ2v) is 8.98. The van der Waals surface area contributed by atoms with Gasteiger partial charge in [-0.25, -0.2) is 0 Å². The Kier molecular flexibility index (Phi) is 5.27. The smallest absolute Gasteiger partial charge is 0.198 e. The van der Waals surface area contributed by atoms with E-state index in [1.54, 1.807) is 24.3 Å². The van der Waals surface area contributed by atoms with Crippen LogP contribution in [0.15, 0.2) is 84.9 Å². The number of halogens is 1. The van der Waals surface area contributed by atoms with E-state index in [1.807, 2.05) is 67.6 Å². The lowest BCUT2D eigenvalue weighted by Gasteiger charge is -2.23. The van der Waals surface area contributed by atoms with Crippen LogP contribution in [0.25, 0.3) is 0 Å². The number of ketones is 2. The van der Waals surface area contributed by atoms with E-state index in [1.165, 1.54) is 0 Å². The van der Waals surface area contributed by atoms with Crippen molar-refractivity contribution in [3.8, 4) is 0 Å². The van der Waals surface area contributed by atoms with Crippen molar-refractivity contribution in [3.63, 3.8) is 0 Å². The van der Waals surface area contributed by atoms with Gasteiger partial charge < -0.3 is 10.6 Å². The molecular weight excluding hydrogens is 511 g/mol. The molecule has 0 saturated heterocycles. The van der Waals surface area contributed by atoms with Gasteiger partial charge in [0.2, 0.25) is 0 Å². The van der Waals surface area contributed by atoms with Gasteiger partial charge in [0.15, 0.2) is 11.6 Å². The summed E-state index contributed by atoms with van der Waals surface area (Å²) in [4.78, 5) is 27.1. The second kappa shape index (κ2) is 8.24. The van der Waals surface area contributed by atoms with E-state index < -0.39 is 0 Å². The normalized spacial score (nSPS) is 12.2. The van der Waals surface area contributed by atoms with Gasteiger partial charge in [0, 0.05) is 26.1 Å². The summed E-state index contributed by atoms with van der Waals surface area (Å²) in [5.41, 5.74) is 5.77. The molecule has 0 radical (unpaired) electrons. The van der Waals surface area contributed by atoms with Gasteiger partial charge in [-0.05, 0) is 78.0 Å². The molecule has 156 valence electrons. The largest absolute Gasteiger partial charge is 0.355 e. The molecule has 2 N–H and O–H groups in total. The van der Waals surface area contributed by atoms with Gasteiger partial charge in [-0.15, -0.1) is 0 Å². The van der Waals surface area contributed by atoms with Gasteiger partial charge in [0.25, 0.3) is 0 Å². The minimum Gasteiger partial charge on any atom is -0.355 e. The van der Waals surface area contributed by atoms with Crippen molar-refractivity contribution < 1.29 is 9.59 Å². The van der Waals surface area contributed by atoms with Gasteiger partial charge in [0.1, 0.15) is 0 Å². The summed E-state index contributed by atoms with van der Waals surface area (Å²) in [5, 5.41) is 6.64. The first-order chi connectivity index (χ1) is 15.5. The molecule has 0 atom stereocenters. The summed E-state index contributed by atoms with van der Waals surface area (Å²) in [6.07, 6.45) is 0. The number of anilines is 4. The monoisotopic (exact) mass is 530 g/mol. The molecular formula is C27H19IN2O2. The van der Waals surface area contributed by atoms with Gasteiger partial charge in [-0.2, -0.15) is 0 Å². The standard InChI is InChI=1S/C27H19IN2O2/c1-16-8-12-18(13-9-16)29-22-6-2-4-20-24(22)27(32)25-21(26(20)31)5-3-7-23(25)30-19-14-10-17(28)11-15-19/h2-15,29-30H,1H3. The average Bonchev–Trinajstić information content (AvgIpc) is 2.80. The van der Waals surface area contributed by atoms with E-state index >= 15 is 0 Å². The molecule has 0 amide bonds. The Labute approximate surface area is 199 Å². The lowest BCUT2D eigenvalue weighted by atomic mass is 9.82. The maximum atomic E-state index is 13.8. The quantitative estimate of drug-likeness (QED) is 0.249. The third kappa shape index (κ3) is 3.69. The summed E-state index contributed by atoms with van der Waals surface area (Å²) in [5.74, 6) is -0.313. The van der Waals surface area contributed by atoms with Crippen LogP contribution in [0.5, 0.6) is 0 Å². The molecule has 5 rings (SSSR count). The lowest BCUT2D eigenvalue weighted by Crippen LogP contribution is -2.23. The van der Waals surface area contributed by atoms with Gasteiger partial charge in [-0.1, -0.05) is 42.0 Å². The molecule has 0 aromatic heterocycles. The summed E-state index contributed by atoms with van der Waals surface area (Å²) in [6, 6.07) is 26.5. The highest BCUT2D eigenvalue weighted by atomic mass is 127. The van der Waals surface area contributed by atoms with Crippen LogP contribution in [0.3, 0.4) is 0 Å². The van der Waals surface area contributed by atoms with Gasteiger partial charge in [-0.3, -0.25) is 9.59 Å². The number of aryl methyl sites for hydroxylation is 1. The van der Waals surface area contributed by atoms with Crippen LogP contribution >= 0.6 is 22.6 Å². The Morgan fingerprint density at radius 2 is 1.06 bits per heavy atom. The zero-order valence-corrected chi connectivity index (χ0v) is 19.4. The predicted octanol–water partition coefficient (Wildman–Crippen LogP) is 6.86. The molecule has 1 aliphatic rings. The Morgan fingerprint density at radius 1 is 0.594 bits per heavy atom. The Hall–Kier alpha value is -3.45. The Balaban J connectivity index is 1.59. The Morgan fingerprint density at radius 3 is 1.56 bits per heavy atom. The second-order valence-electron chi connectivity index (χ2n) is 7.74. The van der Waals surface area contributed by atoms with Crippen molar-refractivity contribution in [1.29, 1.82) is 0 Å². The van der Waals surface area contributed by atoms with E-state index in [2.05, 4.69) is 33.2 Å². The van der Waals surface area contributed by atoms with Crippen molar-refractivity contribution in [3.05, 3.63) is 116 Å². The fraction of sp³-hybridized carbons (Fsp3) is 0.0370. The molecule has 0 heterocycles. The summed E-state index contributed by atoms with van der Waals surface area (Å²) in [7, 11) is 0. The summed E-state index contributed by atoms with van der Waals surface area (Å²) >= 11 is 2.25. The van der Waals surface area contributed by atoms with E-state index in [0.29, 0.717) is 33.6 Å². The molecule has 5 heteroatoms. The molecule has 4 aromatic rings. The summed E-state index contributed by atoms with van der Waals surface area (Å²) in [6.45, 7) is 2.02. The highest BCUT2D eigenvalue weighted by molar-refractivity contribution is 14.1. The van der Waals surface area contributed by atoms with Crippen LogP contribution in [-0.4, -0.2) is 11.6 Å². The first-order valence-electron chi connectivity index (χ1n) is 10.2. The molecule has 4 aromatic carbocycles. The number of carbonyl (C=O) groups is 2. The number of rotatable bonds is 4. The van der Waals surface area contributed by atoms with E-state index in [9.17, 15) is 9.59 Å². The molecule has 1 aliphatic carbocycles. The minimum atomic E-state index is -0.168. The molecule has 32 heavy (non-hydrogen) atoms.